The second-order valence-corrected chi connectivity index (χ2v) is 4.48. The maximum absolute atomic E-state index is 13.2. The van der Waals surface area contributed by atoms with E-state index in [0.29, 0.717) is 17.2 Å². The molecule has 0 spiro atoms. The van der Waals surface area contributed by atoms with Gasteiger partial charge in [-0.05, 0) is 47.0 Å². The molecular weight excluding hydrogens is 300 g/mol. The van der Waals surface area contributed by atoms with Crippen LogP contribution in [0.5, 0.6) is 0 Å². The van der Waals surface area contributed by atoms with Gasteiger partial charge in [-0.25, -0.2) is 9.18 Å². The standard InChI is InChI=1S/C16H10F4O2/c17-13-3-1-2-10(9-13)11-4-6-14(16(18,19)20)12(8-11)5-7-15(21)22/h1-9H,(H,21,22). The van der Waals surface area contributed by atoms with Crippen molar-refractivity contribution in [3.05, 3.63) is 65.5 Å². The van der Waals surface area contributed by atoms with E-state index in [1.165, 1.54) is 30.3 Å². The van der Waals surface area contributed by atoms with Gasteiger partial charge in [0.15, 0.2) is 0 Å². The zero-order chi connectivity index (χ0) is 16.3. The number of rotatable bonds is 3. The number of hydrogen-bond acceptors (Lipinski definition) is 1. The number of carboxylic acid groups (broad SMARTS) is 1. The predicted octanol–water partition coefficient (Wildman–Crippen LogP) is 4.61. The van der Waals surface area contributed by atoms with Crippen molar-refractivity contribution in [3.8, 4) is 11.1 Å². The van der Waals surface area contributed by atoms with Crippen LogP contribution in [0, 0.1) is 5.82 Å². The first-order chi connectivity index (χ1) is 10.3. The van der Waals surface area contributed by atoms with Crippen LogP contribution in [0.15, 0.2) is 48.5 Å². The number of carbonyl (C=O) groups is 1. The highest BCUT2D eigenvalue weighted by atomic mass is 19.4. The van der Waals surface area contributed by atoms with Gasteiger partial charge in [0.05, 0.1) is 5.56 Å². The molecule has 0 saturated carbocycles. The minimum Gasteiger partial charge on any atom is -0.478 e. The molecule has 22 heavy (non-hydrogen) atoms. The zero-order valence-electron chi connectivity index (χ0n) is 11.1. The van der Waals surface area contributed by atoms with Crippen LogP contribution in [-0.4, -0.2) is 11.1 Å². The number of alkyl halides is 3. The number of benzene rings is 2. The number of hydrogen-bond donors (Lipinski definition) is 1. The molecule has 0 aliphatic rings. The molecule has 0 unspecified atom stereocenters. The highest BCUT2D eigenvalue weighted by Crippen LogP contribution is 2.35. The third kappa shape index (κ3) is 3.72. The second-order valence-electron chi connectivity index (χ2n) is 4.48. The van der Waals surface area contributed by atoms with E-state index in [2.05, 4.69) is 0 Å². The molecule has 6 heteroatoms. The summed E-state index contributed by atoms with van der Waals surface area (Å²) in [6.07, 6.45) is -3.12. The van der Waals surface area contributed by atoms with Gasteiger partial charge in [0.25, 0.3) is 0 Å². The first-order valence-corrected chi connectivity index (χ1v) is 6.15. The Balaban J connectivity index is 2.56. The minimum atomic E-state index is -4.61. The Morgan fingerprint density at radius 1 is 1.05 bits per heavy atom. The van der Waals surface area contributed by atoms with Gasteiger partial charge >= 0.3 is 12.1 Å². The van der Waals surface area contributed by atoms with E-state index in [9.17, 15) is 22.4 Å². The van der Waals surface area contributed by atoms with Crippen LogP contribution in [0.3, 0.4) is 0 Å². The fourth-order valence-corrected chi connectivity index (χ4v) is 1.97. The van der Waals surface area contributed by atoms with Crippen LogP contribution < -0.4 is 0 Å². The summed E-state index contributed by atoms with van der Waals surface area (Å²) >= 11 is 0. The molecule has 0 bridgehead atoms. The summed E-state index contributed by atoms with van der Waals surface area (Å²) in [7, 11) is 0. The molecule has 0 heterocycles. The minimum absolute atomic E-state index is 0.295. The maximum atomic E-state index is 13.2. The second kappa shape index (κ2) is 6.01. The van der Waals surface area contributed by atoms with Gasteiger partial charge < -0.3 is 5.11 Å². The van der Waals surface area contributed by atoms with Crippen molar-refractivity contribution in [2.75, 3.05) is 0 Å². The van der Waals surface area contributed by atoms with Crippen molar-refractivity contribution in [1.82, 2.24) is 0 Å². The summed E-state index contributed by atoms with van der Waals surface area (Å²) in [5.74, 6) is -1.87. The van der Waals surface area contributed by atoms with Crippen LogP contribution in [0.1, 0.15) is 11.1 Å². The smallest absolute Gasteiger partial charge is 0.416 e. The lowest BCUT2D eigenvalue weighted by Gasteiger charge is -2.12. The first kappa shape index (κ1) is 15.8. The van der Waals surface area contributed by atoms with Gasteiger partial charge in [0.2, 0.25) is 0 Å². The van der Waals surface area contributed by atoms with Crippen LogP contribution in [-0.2, 0) is 11.0 Å². The average molecular weight is 310 g/mol. The summed E-state index contributed by atoms with van der Waals surface area (Å²) in [6.45, 7) is 0. The lowest BCUT2D eigenvalue weighted by molar-refractivity contribution is -0.138. The SMILES string of the molecule is O=C(O)C=Cc1cc(-c2cccc(F)c2)ccc1C(F)(F)F. The molecule has 0 saturated heterocycles. The van der Waals surface area contributed by atoms with Crippen molar-refractivity contribution in [2.24, 2.45) is 0 Å². The summed E-state index contributed by atoms with van der Waals surface area (Å²) in [6, 6.07) is 8.64. The Hall–Kier alpha value is -2.63. The molecule has 0 aliphatic heterocycles. The van der Waals surface area contributed by atoms with Crippen LogP contribution in [0.2, 0.25) is 0 Å². The van der Waals surface area contributed by atoms with E-state index in [4.69, 9.17) is 5.11 Å². The third-order valence-electron chi connectivity index (χ3n) is 2.92. The van der Waals surface area contributed by atoms with Crippen molar-refractivity contribution >= 4 is 12.0 Å². The van der Waals surface area contributed by atoms with Gasteiger partial charge in [-0.3, -0.25) is 0 Å². The Kier molecular flexibility index (Phi) is 4.30. The molecule has 0 fully saturated rings. The van der Waals surface area contributed by atoms with Gasteiger partial charge in [-0.1, -0.05) is 18.2 Å². The molecule has 0 radical (unpaired) electrons. The molecule has 114 valence electrons. The molecule has 2 aromatic rings. The quantitative estimate of drug-likeness (QED) is 0.664. The summed E-state index contributed by atoms with van der Waals surface area (Å²) in [5.41, 5.74) is -0.488. The maximum Gasteiger partial charge on any atom is 0.416 e. The van der Waals surface area contributed by atoms with E-state index in [1.807, 2.05) is 0 Å². The van der Waals surface area contributed by atoms with Crippen LogP contribution in [0.25, 0.3) is 17.2 Å². The Bertz CT molecular complexity index is 733. The molecule has 2 nitrogen and oxygen atoms in total. The fourth-order valence-electron chi connectivity index (χ4n) is 1.97. The van der Waals surface area contributed by atoms with Crippen molar-refractivity contribution < 1.29 is 27.5 Å². The van der Waals surface area contributed by atoms with Gasteiger partial charge in [0.1, 0.15) is 5.82 Å². The van der Waals surface area contributed by atoms with E-state index >= 15 is 0 Å². The van der Waals surface area contributed by atoms with E-state index < -0.39 is 23.5 Å². The molecule has 2 aromatic carbocycles. The van der Waals surface area contributed by atoms with Crippen molar-refractivity contribution in [1.29, 1.82) is 0 Å². The summed E-state index contributed by atoms with van der Waals surface area (Å²) in [5, 5.41) is 8.57. The monoisotopic (exact) mass is 310 g/mol. The number of halogens is 4. The fraction of sp³-hybridized carbons (Fsp3) is 0.0625. The van der Waals surface area contributed by atoms with Crippen molar-refractivity contribution in [2.45, 2.75) is 6.18 Å². The van der Waals surface area contributed by atoms with Gasteiger partial charge in [-0.15, -0.1) is 0 Å². The van der Waals surface area contributed by atoms with Gasteiger partial charge in [-0.2, -0.15) is 13.2 Å². The summed E-state index contributed by atoms with van der Waals surface area (Å²) < 4.78 is 52.0. The Morgan fingerprint density at radius 3 is 2.32 bits per heavy atom. The molecule has 1 N–H and O–H groups in total. The first-order valence-electron chi connectivity index (χ1n) is 6.15. The summed E-state index contributed by atoms with van der Waals surface area (Å²) in [4.78, 5) is 10.5. The molecule has 0 atom stereocenters. The highest BCUT2D eigenvalue weighted by Gasteiger charge is 2.32. The zero-order valence-corrected chi connectivity index (χ0v) is 11.1. The van der Waals surface area contributed by atoms with Crippen LogP contribution >= 0.6 is 0 Å². The molecule has 0 amide bonds. The largest absolute Gasteiger partial charge is 0.478 e. The van der Waals surface area contributed by atoms with E-state index in [1.54, 1.807) is 6.07 Å². The average Bonchev–Trinajstić information content (AvgIpc) is 2.43. The third-order valence-corrected chi connectivity index (χ3v) is 2.92. The van der Waals surface area contributed by atoms with Crippen molar-refractivity contribution in [3.63, 3.8) is 0 Å². The predicted molar refractivity (Wildman–Crippen MR) is 73.5 cm³/mol. The van der Waals surface area contributed by atoms with E-state index in [-0.39, 0.29) is 5.56 Å². The number of aliphatic carboxylic acids is 1. The van der Waals surface area contributed by atoms with Crippen LogP contribution in [0.4, 0.5) is 17.6 Å². The van der Waals surface area contributed by atoms with Gasteiger partial charge in [0, 0.05) is 6.08 Å². The molecule has 0 aromatic heterocycles. The highest BCUT2D eigenvalue weighted by molar-refractivity contribution is 5.86. The lowest BCUT2D eigenvalue weighted by Crippen LogP contribution is -2.07. The normalized spacial score (nSPS) is 11.8. The van der Waals surface area contributed by atoms with E-state index in [0.717, 1.165) is 12.1 Å². The molecule has 0 aliphatic carbocycles. The Labute approximate surface area is 123 Å². The molecular formula is C16H10F4O2. The Morgan fingerprint density at radius 2 is 1.73 bits per heavy atom. The number of carboxylic acids is 1. The topological polar surface area (TPSA) is 37.3 Å². The lowest BCUT2D eigenvalue weighted by atomic mass is 9.98. The molecule has 2 rings (SSSR count).